The van der Waals surface area contributed by atoms with Gasteiger partial charge in [0.25, 0.3) is 0 Å². The number of aliphatic hydroxyl groups excluding tert-OH is 1. The first kappa shape index (κ1) is 12.4. The largest absolute Gasteiger partial charge is 0.394 e. The molecule has 0 aliphatic heterocycles. The summed E-state index contributed by atoms with van der Waals surface area (Å²) in [6.45, 7) is 1.97. The van der Waals surface area contributed by atoms with E-state index in [9.17, 15) is 0 Å². The van der Waals surface area contributed by atoms with E-state index in [1.54, 1.807) is 0 Å². The Balaban J connectivity index is 1.87. The Labute approximate surface area is 103 Å². The number of anilines is 1. The lowest BCUT2D eigenvalue weighted by atomic mass is 9.90. The first-order chi connectivity index (χ1) is 8.42. The van der Waals surface area contributed by atoms with Gasteiger partial charge in [0, 0.05) is 12.2 Å². The fourth-order valence-corrected chi connectivity index (χ4v) is 2.37. The van der Waals surface area contributed by atoms with Crippen molar-refractivity contribution >= 4 is 5.69 Å². The van der Waals surface area contributed by atoms with Gasteiger partial charge in [-0.3, -0.25) is 0 Å². The highest BCUT2D eigenvalue weighted by Crippen LogP contribution is 2.27. The number of aryl methyl sites for hydroxylation is 1. The minimum absolute atomic E-state index is 0.0980. The maximum atomic E-state index is 8.60. The van der Waals surface area contributed by atoms with Gasteiger partial charge in [-0.25, -0.2) is 0 Å². The van der Waals surface area contributed by atoms with Crippen LogP contribution >= 0.6 is 0 Å². The molecule has 1 aromatic carbocycles. The fraction of sp³-hybridized carbons (Fsp3) is 0.571. The van der Waals surface area contributed by atoms with Gasteiger partial charge in [-0.2, -0.15) is 0 Å². The van der Waals surface area contributed by atoms with Crippen molar-refractivity contribution in [3.63, 3.8) is 0 Å². The predicted octanol–water partition coefficient (Wildman–Crippen LogP) is 1.99. The van der Waals surface area contributed by atoms with Gasteiger partial charge >= 0.3 is 0 Å². The molecular formula is C14H21NO2. The van der Waals surface area contributed by atoms with Gasteiger partial charge in [0.2, 0.25) is 0 Å². The SMILES string of the molecule is OCCOCCNc1cccc2c1CCCC2. The molecule has 0 saturated carbocycles. The molecule has 0 radical (unpaired) electrons. The molecule has 0 bridgehead atoms. The van der Waals surface area contributed by atoms with Crippen molar-refractivity contribution in [1.29, 1.82) is 0 Å². The summed E-state index contributed by atoms with van der Waals surface area (Å²) in [7, 11) is 0. The van der Waals surface area contributed by atoms with Crippen LogP contribution in [0.25, 0.3) is 0 Å². The normalized spacial score (nSPS) is 14.4. The average Bonchev–Trinajstić information content (AvgIpc) is 2.39. The van der Waals surface area contributed by atoms with Gasteiger partial charge in [0.15, 0.2) is 0 Å². The van der Waals surface area contributed by atoms with Crippen molar-refractivity contribution in [2.24, 2.45) is 0 Å². The summed E-state index contributed by atoms with van der Waals surface area (Å²) in [6, 6.07) is 6.51. The molecule has 0 aromatic heterocycles. The first-order valence-corrected chi connectivity index (χ1v) is 6.45. The molecule has 17 heavy (non-hydrogen) atoms. The number of ether oxygens (including phenoxy) is 1. The molecule has 0 atom stereocenters. The molecule has 0 fully saturated rings. The zero-order valence-electron chi connectivity index (χ0n) is 10.2. The number of aliphatic hydroxyl groups is 1. The van der Waals surface area contributed by atoms with E-state index in [1.165, 1.54) is 42.5 Å². The summed E-state index contributed by atoms with van der Waals surface area (Å²) in [5.74, 6) is 0. The lowest BCUT2D eigenvalue weighted by Gasteiger charge is -2.20. The molecule has 0 unspecified atom stereocenters. The summed E-state index contributed by atoms with van der Waals surface area (Å²) in [5, 5.41) is 12.0. The van der Waals surface area contributed by atoms with Gasteiger partial charge in [-0.15, -0.1) is 0 Å². The van der Waals surface area contributed by atoms with Crippen molar-refractivity contribution < 1.29 is 9.84 Å². The van der Waals surface area contributed by atoms with Crippen LogP contribution in [0.5, 0.6) is 0 Å². The molecule has 0 saturated heterocycles. The average molecular weight is 235 g/mol. The Morgan fingerprint density at radius 3 is 2.94 bits per heavy atom. The Hall–Kier alpha value is -1.06. The smallest absolute Gasteiger partial charge is 0.0698 e. The highest BCUT2D eigenvalue weighted by Gasteiger charge is 2.12. The van der Waals surface area contributed by atoms with Crippen LogP contribution in [0.3, 0.4) is 0 Å². The van der Waals surface area contributed by atoms with E-state index in [-0.39, 0.29) is 6.61 Å². The Morgan fingerprint density at radius 2 is 2.06 bits per heavy atom. The third kappa shape index (κ3) is 3.45. The lowest BCUT2D eigenvalue weighted by Crippen LogP contribution is -2.14. The molecule has 1 aliphatic rings. The van der Waals surface area contributed by atoms with Crippen LogP contribution < -0.4 is 5.32 Å². The van der Waals surface area contributed by atoms with Crippen LogP contribution in [-0.2, 0) is 17.6 Å². The van der Waals surface area contributed by atoms with Crippen molar-refractivity contribution in [1.82, 2.24) is 0 Å². The van der Waals surface area contributed by atoms with Crippen LogP contribution in [0.1, 0.15) is 24.0 Å². The van der Waals surface area contributed by atoms with Crippen molar-refractivity contribution in [3.8, 4) is 0 Å². The second-order valence-electron chi connectivity index (χ2n) is 4.41. The number of hydrogen-bond acceptors (Lipinski definition) is 3. The third-order valence-corrected chi connectivity index (χ3v) is 3.19. The van der Waals surface area contributed by atoms with Crippen LogP contribution in [0.15, 0.2) is 18.2 Å². The van der Waals surface area contributed by atoms with Crippen LogP contribution in [-0.4, -0.2) is 31.5 Å². The Bertz CT molecular complexity index is 352. The van der Waals surface area contributed by atoms with Crippen LogP contribution in [0, 0.1) is 0 Å². The highest BCUT2D eigenvalue weighted by molar-refractivity contribution is 5.55. The van der Waals surface area contributed by atoms with E-state index in [2.05, 4.69) is 23.5 Å². The van der Waals surface area contributed by atoms with Crippen molar-refractivity contribution in [2.75, 3.05) is 31.7 Å². The standard InChI is InChI=1S/C14H21NO2/c16-9-11-17-10-8-15-14-7-3-5-12-4-1-2-6-13(12)14/h3,5,7,15-16H,1-2,4,6,8-11H2. The van der Waals surface area contributed by atoms with E-state index >= 15 is 0 Å². The van der Waals surface area contributed by atoms with Crippen molar-refractivity contribution in [3.05, 3.63) is 29.3 Å². The quantitative estimate of drug-likeness (QED) is 0.741. The van der Waals surface area contributed by atoms with Crippen molar-refractivity contribution in [2.45, 2.75) is 25.7 Å². The van der Waals surface area contributed by atoms with E-state index in [1.807, 2.05) is 0 Å². The van der Waals surface area contributed by atoms with E-state index in [0.717, 1.165) is 6.54 Å². The first-order valence-electron chi connectivity index (χ1n) is 6.45. The summed E-state index contributed by atoms with van der Waals surface area (Å²) in [4.78, 5) is 0. The topological polar surface area (TPSA) is 41.5 Å². The molecule has 0 spiro atoms. The fourth-order valence-electron chi connectivity index (χ4n) is 2.37. The maximum absolute atomic E-state index is 8.60. The summed E-state index contributed by atoms with van der Waals surface area (Å²) in [6.07, 6.45) is 5.02. The molecule has 0 amide bonds. The molecule has 1 aromatic rings. The number of hydrogen-bond donors (Lipinski definition) is 2. The Morgan fingerprint density at radius 1 is 1.18 bits per heavy atom. The van der Waals surface area contributed by atoms with Crippen LogP contribution in [0.2, 0.25) is 0 Å². The van der Waals surface area contributed by atoms with E-state index in [0.29, 0.717) is 13.2 Å². The maximum Gasteiger partial charge on any atom is 0.0698 e. The predicted molar refractivity (Wildman–Crippen MR) is 69.5 cm³/mol. The summed E-state index contributed by atoms with van der Waals surface area (Å²) in [5.41, 5.74) is 4.24. The molecular weight excluding hydrogens is 214 g/mol. The molecule has 1 aliphatic carbocycles. The zero-order valence-corrected chi connectivity index (χ0v) is 10.2. The molecule has 2 N–H and O–H groups in total. The van der Waals surface area contributed by atoms with Gasteiger partial charge < -0.3 is 15.2 Å². The van der Waals surface area contributed by atoms with Gasteiger partial charge in [0.05, 0.1) is 19.8 Å². The number of nitrogens with one attached hydrogen (secondary N) is 1. The second kappa shape index (κ2) is 6.62. The van der Waals surface area contributed by atoms with E-state index < -0.39 is 0 Å². The zero-order chi connectivity index (χ0) is 11.9. The monoisotopic (exact) mass is 235 g/mol. The Kier molecular flexibility index (Phi) is 4.83. The van der Waals surface area contributed by atoms with E-state index in [4.69, 9.17) is 9.84 Å². The lowest BCUT2D eigenvalue weighted by molar-refractivity contribution is 0.0992. The van der Waals surface area contributed by atoms with Gasteiger partial charge in [-0.1, -0.05) is 12.1 Å². The summed E-state index contributed by atoms with van der Waals surface area (Å²) < 4.78 is 5.24. The molecule has 94 valence electrons. The third-order valence-electron chi connectivity index (χ3n) is 3.19. The highest BCUT2D eigenvalue weighted by atomic mass is 16.5. The minimum atomic E-state index is 0.0980. The molecule has 3 nitrogen and oxygen atoms in total. The van der Waals surface area contributed by atoms with Crippen LogP contribution in [0.4, 0.5) is 5.69 Å². The van der Waals surface area contributed by atoms with Gasteiger partial charge in [0.1, 0.15) is 0 Å². The summed E-state index contributed by atoms with van der Waals surface area (Å²) >= 11 is 0. The van der Waals surface area contributed by atoms with Gasteiger partial charge in [-0.05, 0) is 42.9 Å². The number of benzene rings is 1. The molecule has 0 heterocycles. The number of fused-ring (bicyclic) bond motifs is 1. The second-order valence-corrected chi connectivity index (χ2v) is 4.41. The number of rotatable bonds is 6. The minimum Gasteiger partial charge on any atom is -0.394 e. The molecule has 2 rings (SSSR count). The molecule has 3 heteroatoms.